The van der Waals surface area contributed by atoms with E-state index in [0.29, 0.717) is 0 Å². The third kappa shape index (κ3) is 4.52. The van der Waals surface area contributed by atoms with E-state index in [0.717, 1.165) is 57.8 Å². The second kappa shape index (κ2) is 11.5. The van der Waals surface area contributed by atoms with Crippen LogP contribution in [0.1, 0.15) is 47.5 Å². The highest BCUT2D eigenvalue weighted by Gasteiger charge is 2.18. The Kier molecular flexibility index (Phi) is 7.70. The molecule has 0 aliphatic heterocycles. The summed E-state index contributed by atoms with van der Waals surface area (Å²) in [5.41, 5.74) is 11.5. The lowest BCUT2D eigenvalue weighted by atomic mass is 10.1. The third-order valence-electron chi connectivity index (χ3n) is 7.38. The fourth-order valence-corrected chi connectivity index (χ4v) is 5.75. The molecule has 5 rings (SSSR count). The van der Waals surface area contributed by atoms with E-state index >= 15 is 0 Å². The van der Waals surface area contributed by atoms with Gasteiger partial charge in [-0.1, -0.05) is 67.8 Å². The van der Waals surface area contributed by atoms with Gasteiger partial charge < -0.3 is 9.13 Å². The largest absolute Gasteiger partial charge is 0.309 e. The van der Waals surface area contributed by atoms with Gasteiger partial charge in [0.2, 0.25) is 0 Å². The molecule has 0 atom stereocenters. The number of allylic oxidation sites excluding steroid dienone is 4. The molecule has 0 unspecified atom stereocenters. The molecule has 0 fully saturated rings. The highest BCUT2D eigenvalue weighted by Crippen LogP contribution is 2.36. The van der Waals surface area contributed by atoms with Gasteiger partial charge in [-0.15, -0.1) is 13.2 Å². The maximum absolute atomic E-state index is 4.18. The maximum atomic E-state index is 4.18. The van der Waals surface area contributed by atoms with Gasteiger partial charge in [0.15, 0.2) is 0 Å². The van der Waals surface area contributed by atoms with Crippen molar-refractivity contribution in [3.8, 4) is 11.4 Å². The standard InChI is InChI=1S/C38H36N2/c1-7-14-27-20-22-37-33(24-27)31(11-5)35(16-9-3)39(37)29-18-13-19-30(26-29)40-36(17-10-4)32(12-6)34-25-28(15-8-2)21-23-38(34)40/h7-13,16-26H,1-2,5-6,14-15H2,3-4H3/b16-9-,17-10-. The summed E-state index contributed by atoms with van der Waals surface area (Å²) in [6.07, 6.45) is 18.0. The van der Waals surface area contributed by atoms with Gasteiger partial charge in [-0.3, -0.25) is 0 Å². The summed E-state index contributed by atoms with van der Waals surface area (Å²) < 4.78 is 4.68. The number of hydrogen-bond donors (Lipinski definition) is 0. The molecule has 2 nitrogen and oxygen atoms in total. The van der Waals surface area contributed by atoms with Crippen LogP contribution < -0.4 is 0 Å². The molecule has 2 aromatic heterocycles. The van der Waals surface area contributed by atoms with Gasteiger partial charge in [-0.25, -0.2) is 0 Å². The molecule has 0 amide bonds. The Hall–Kier alpha value is -4.82. The molecule has 0 saturated heterocycles. The van der Waals surface area contributed by atoms with E-state index in [1.807, 2.05) is 24.3 Å². The average molecular weight is 521 g/mol. The molecular formula is C38H36N2. The minimum absolute atomic E-state index is 0.834. The summed E-state index contributed by atoms with van der Waals surface area (Å²) in [7, 11) is 0. The Bertz CT molecular complexity index is 1700. The smallest absolute Gasteiger partial charge is 0.0541 e. The third-order valence-corrected chi connectivity index (χ3v) is 7.38. The zero-order valence-corrected chi connectivity index (χ0v) is 23.5. The van der Waals surface area contributed by atoms with E-state index in [4.69, 9.17) is 0 Å². The second-order valence-electron chi connectivity index (χ2n) is 9.89. The van der Waals surface area contributed by atoms with Gasteiger partial charge in [0.05, 0.1) is 22.4 Å². The molecule has 0 radical (unpaired) electrons. The van der Waals surface area contributed by atoms with E-state index in [-0.39, 0.29) is 0 Å². The summed E-state index contributed by atoms with van der Waals surface area (Å²) in [6.45, 7) is 20.3. The first-order chi connectivity index (χ1) is 19.6. The fourth-order valence-electron chi connectivity index (χ4n) is 5.75. The highest BCUT2D eigenvalue weighted by molar-refractivity contribution is 5.97. The van der Waals surface area contributed by atoms with Crippen molar-refractivity contribution in [2.75, 3.05) is 0 Å². The normalized spacial score (nSPS) is 11.7. The van der Waals surface area contributed by atoms with E-state index in [1.165, 1.54) is 21.9 Å². The lowest BCUT2D eigenvalue weighted by molar-refractivity contribution is 1.06. The van der Waals surface area contributed by atoms with E-state index in [9.17, 15) is 0 Å². The predicted molar refractivity (Wildman–Crippen MR) is 178 cm³/mol. The summed E-state index contributed by atoms with van der Waals surface area (Å²) >= 11 is 0. The Balaban J connectivity index is 1.80. The van der Waals surface area contributed by atoms with Gasteiger partial charge in [0.25, 0.3) is 0 Å². The SMILES string of the molecule is C=CCc1ccc2c(c1)c(C=C)c(/C=C\C)n2-c1cccc(-n2c(/C=C\C)c(C=C)c3cc(CC=C)ccc32)c1. The monoisotopic (exact) mass is 520 g/mol. The topological polar surface area (TPSA) is 9.86 Å². The van der Waals surface area contributed by atoms with E-state index in [2.05, 4.69) is 134 Å². The van der Waals surface area contributed by atoms with Gasteiger partial charge in [0, 0.05) is 33.3 Å². The van der Waals surface area contributed by atoms with Crippen molar-refractivity contribution >= 4 is 46.1 Å². The average Bonchev–Trinajstić information content (AvgIpc) is 3.44. The number of benzene rings is 3. The van der Waals surface area contributed by atoms with Crippen LogP contribution in [0.2, 0.25) is 0 Å². The van der Waals surface area contributed by atoms with Gasteiger partial charge in [0.1, 0.15) is 0 Å². The molecule has 2 heteroatoms. The second-order valence-corrected chi connectivity index (χ2v) is 9.89. The van der Waals surface area contributed by atoms with Crippen molar-refractivity contribution in [3.63, 3.8) is 0 Å². The minimum Gasteiger partial charge on any atom is -0.309 e. The summed E-state index contributed by atoms with van der Waals surface area (Å²) in [5, 5.41) is 2.38. The molecule has 0 aliphatic carbocycles. The quantitative estimate of drug-likeness (QED) is 0.162. The van der Waals surface area contributed by atoms with Crippen LogP contribution in [0.5, 0.6) is 0 Å². The van der Waals surface area contributed by atoms with Crippen molar-refractivity contribution in [1.29, 1.82) is 0 Å². The lowest BCUT2D eigenvalue weighted by Gasteiger charge is -2.14. The fraction of sp³-hybridized carbons (Fsp3) is 0.105. The zero-order valence-electron chi connectivity index (χ0n) is 23.5. The Morgan fingerprint density at radius 3 is 1.43 bits per heavy atom. The summed E-state index contributed by atoms with van der Waals surface area (Å²) in [4.78, 5) is 0. The maximum Gasteiger partial charge on any atom is 0.0541 e. The van der Waals surface area contributed by atoms with Crippen molar-refractivity contribution in [3.05, 3.63) is 145 Å². The van der Waals surface area contributed by atoms with Crippen LogP contribution in [0.3, 0.4) is 0 Å². The Morgan fingerprint density at radius 1 is 0.600 bits per heavy atom. The number of hydrogen-bond acceptors (Lipinski definition) is 0. The van der Waals surface area contributed by atoms with Crippen LogP contribution >= 0.6 is 0 Å². The van der Waals surface area contributed by atoms with Crippen molar-refractivity contribution in [1.82, 2.24) is 9.13 Å². The predicted octanol–water partition coefficient (Wildman–Crippen LogP) is 10.4. The summed E-state index contributed by atoms with van der Waals surface area (Å²) in [6, 6.07) is 22.1. The number of fused-ring (bicyclic) bond motifs is 2. The van der Waals surface area contributed by atoms with Gasteiger partial charge in [-0.05, 0) is 92.4 Å². The van der Waals surface area contributed by atoms with E-state index in [1.54, 1.807) is 0 Å². The molecule has 0 N–H and O–H groups in total. The first-order valence-electron chi connectivity index (χ1n) is 13.8. The first kappa shape index (κ1) is 26.8. The van der Waals surface area contributed by atoms with Crippen LogP contribution in [-0.4, -0.2) is 9.13 Å². The van der Waals surface area contributed by atoms with Gasteiger partial charge >= 0.3 is 0 Å². The van der Waals surface area contributed by atoms with Crippen LogP contribution in [0, 0.1) is 0 Å². The van der Waals surface area contributed by atoms with Gasteiger partial charge in [-0.2, -0.15) is 0 Å². The van der Waals surface area contributed by atoms with Crippen LogP contribution in [0.4, 0.5) is 0 Å². The molecule has 0 saturated carbocycles. The number of rotatable bonds is 10. The van der Waals surface area contributed by atoms with Crippen molar-refractivity contribution in [2.24, 2.45) is 0 Å². The molecule has 198 valence electrons. The van der Waals surface area contributed by atoms with Crippen molar-refractivity contribution < 1.29 is 0 Å². The molecule has 40 heavy (non-hydrogen) atoms. The molecule has 5 aromatic rings. The molecular weight excluding hydrogens is 484 g/mol. The Morgan fingerprint density at radius 2 is 1.05 bits per heavy atom. The first-order valence-corrected chi connectivity index (χ1v) is 13.8. The zero-order chi connectivity index (χ0) is 28.2. The highest BCUT2D eigenvalue weighted by atomic mass is 15.0. The number of aromatic nitrogens is 2. The van der Waals surface area contributed by atoms with Crippen molar-refractivity contribution in [2.45, 2.75) is 26.7 Å². The van der Waals surface area contributed by atoms with Crippen LogP contribution in [-0.2, 0) is 12.8 Å². The van der Waals surface area contributed by atoms with Crippen LogP contribution in [0.15, 0.2) is 111 Å². The lowest BCUT2D eigenvalue weighted by Crippen LogP contribution is -2.01. The minimum atomic E-state index is 0.834. The summed E-state index contributed by atoms with van der Waals surface area (Å²) in [5.74, 6) is 0. The Labute approximate surface area is 237 Å². The number of nitrogens with zero attached hydrogens (tertiary/aromatic N) is 2. The molecule has 2 heterocycles. The molecule has 0 bridgehead atoms. The molecule has 3 aromatic carbocycles. The van der Waals surface area contributed by atoms with E-state index < -0.39 is 0 Å². The molecule has 0 aliphatic rings. The molecule has 0 spiro atoms. The van der Waals surface area contributed by atoms with Crippen LogP contribution in [0.25, 0.3) is 57.5 Å².